The van der Waals surface area contributed by atoms with E-state index in [1.54, 1.807) is 50.1 Å². The topological polar surface area (TPSA) is 140 Å². The molecule has 0 fully saturated rings. The van der Waals surface area contributed by atoms with Crippen LogP contribution in [0.5, 0.6) is 0 Å². The Hall–Kier alpha value is -4.08. The van der Waals surface area contributed by atoms with Crippen molar-refractivity contribution in [2.45, 2.75) is 20.4 Å². The Morgan fingerprint density at radius 1 is 1.30 bits per heavy atom. The molecule has 0 atom stereocenters. The summed E-state index contributed by atoms with van der Waals surface area (Å²) >= 11 is 0. The molecule has 3 rings (SSSR count). The number of allylic oxidation sites excluding steroid dienone is 1. The van der Waals surface area contributed by atoms with E-state index in [0.29, 0.717) is 34.9 Å². The fourth-order valence-electron chi connectivity index (χ4n) is 2.83. The van der Waals surface area contributed by atoms with E-state index in [9.17, 15) is 9.59 Å². The van der Waals surface area contributed by atoms with Crippen LogP contribution in [-0.4, -0.2) is 45.6 Å². The summed E-state index contributed by atoms with van der Waals surface area (Å²) in [5.74, 6) is 0.0187. The zero-order chi connectivity index (χ0) is 21.8. The number of aromatic nitrogens is 3. The van der Waals surface area contributed by atoms with Gasteiger partial charge in [-0.3, -0.25) is 9.59 Å². The predicted octanol–water partition coefficient (Wildman–Crippen LogP) is 1.78. The van der Waals surface area contributed by atoms with Crippen LogP contribution < -0.4 is 11.1 Å². The van der Waals surface area contributed by atoms with Crippen LogP contribution in [0.1, 0.15) is 39.5 Å². The maximum atomic E-state index is 13.0. The van der Waals surface area contributed by atoms with Crippen LogP contribution in [0.3, 0.4) is 0 Å². The van der Waals surface area contributed by atoms with E-state index in [4.69, 9.17) is 10.3 Å². The summed E-state index contributed by atoms with van der Waals surface area (Å²) in [6, 6.07) is 8.34. The lowest BCUT2D eigenvalue weighted by atomic mass is 10.1. The zero-order valence-electron chi connectivity index (χ0n) is 16.8. The fourth-order valence-corrected chi connectivity index (χ4v) is 2.83. The van der Waals surface area contributed by atoms with Crippen molar-refractivity contribution in [1.29, 1.82) is 0 Å². The van der Waals surface area contributed by atoms with E-state index in [1.807, 2.05) is 0 Å². The molecule has 0 saturated heterocycles. The van der Waals surface area contributed by atoms with Crippen LogP contribution >= 0.6 is 0 Å². The van der Waals surface area contributed by atoms with E-state index in [0.717, 1.165) is 0 Å². The maximum Gasteiger partial charge on any atom is 0.267 e. The number of carbonyl (C=O) groups excluding carboxylic acids is 2. The van der Waals surface area contributed by atoms with Crippen molar-refractivity contribution >= 4 is 29.4 Å². The van der Waals surface area contributed by atoms with Crippen LogP contribution in [-0.2, 0) is 6.54 Å². The van der Waals surface area contributed by atoms with Gasteiger partial charge in [0.1, 0.15) is 5.69 Å². The number of hydrogen-bond acceptors (Lipinski definition) is 8. The molecular formula is C20H21N7O3. The molecule has 2 aromatic heterocycles. The zero-order valence-corrected chi connectivity index (χ0v) is 16.8. The SMILES string of the molecule is C=N/C(NC(=O)c1cc(C(N)=O)nc2ccccc12)=C(/C)N(C)Cc1noc(C)n1. The second-order valence-corrected chi connectivity index (χ2v) is 6.57. The average molecular weight is 407 g/mol. The highest BCUT2D eigenvalue weighted by Crippen LogP contribution is 2.19. The van der Waals surface area contributed by atoms with Gasteiger partial charge in [0.15, 0.2) is 11.6 Å². The summed E-state index contributed by atoms with van der Waals surface area (Å²) < 4.78 is 4.97. The van der Waals surface area contributed by atoms with Gasteiger partial charge in [-0.05, 0) is 25.8 Å². The third-order valence-corrected chi connectivity index (χ3v) is 4.47. The van der Waals surface area contributed by atoms with Gasteiger partial charge >= 0.3 is 0 Å². The minimum Gasteiger partial charge on any atom is -0.367 e. The monoisotopic (exact) mass is 407 g/mol. The van der Waals surface area contributed by atoms with Crippen LogP contribution in [0.15, 0.2) is 51.4 Å². The lowest BCUT2D eigenvalue weighted by Crippen LogP contribution is -2.28. The molecular weight excluding hydrogens is 386 g/mol. The van der Waals surface area contributed by atoms with E-state index in [1.165, 1.54) is 6.07 Å². The number of amides is 2. The molecule has 30 heavy (non-hydrogen) atoms. The van der Waals surface area contributed by atoms with Gasteiger partial charge in [0.05, 0.1) is 23.3 Å². The summed E-state index contributed by atoms with van der Waals surface area (Å²) in [4.78, 5) is 38.8. The van der Waals surface area contributed by atoms with Crippen molar-refractivity contribution in [2.24, 2.45) is 10.7 Å². The number of pyridine rings is 1. The smallest absolute Gasteiger partial charge is 0.267 e. The average Bonchev–Trinajstić information content (AvgIpc) is 3.14. The molecule has 10 nitrogen and oxygen atoms in total. The molecule has 0 radical (unpaired) electrons. The molecule has 0 aliphatic rings. The van der Waals surface area contributed by atoms with Crippen molar-refractivity contribution in [3.8, 4) is 0 Å². The van der Waals surface area contributed by atoms with Crippen LogP contribution in [0, 0.1) is 6.92 Å². The summed E-state index contributed by atoms with van der Waals surface area (Å²) in [6.07, 6.45) is 0. The molecule has 0 spiro atoms. The molecule has 10 heteroatoms. The van der Waals surface area contributed by atoms with Crippen LogP contribution in [0.4, 0.5) is 0 Å². The number of carbonyl (C=O) groups is 2. The lowest BCUT2D eigenvalue weighted by Gasteiger charge is -2.20. The highest BCUT2D eigenvalue weighted by atomic mass is 16.5. The van der Waals surface area contributed by atoms with Crippen molar-refractivity contribution < 1.29 is 14.1 Å². The first-order valence-electron chi connectivity index (χ1n) is 8.99. The van der Waals surface area contributed by atoms with E-state index in [-0.39, 0.29) is 17.1 Å². The molecule has 2 heterocycles. The lowest BCUT2D eigenvalue weighted by molar-refractivity contribution is 0.0965. The number of rotatable bonds is 7. The normalized spacial score (nSPS) is 11.7. The summed E-state index contributed by atoms with van der Waals surface area (Å²) in [5, 5.41) is 7.18. The number of nitrogens with two attached hydrogens (primary N) is 1. The van der Waals surface area contributed by atoms with E-state index >= 15 is 0 Å². The summed E-state index contributed by atoms with van der Waals surface area (Å²) in [5.41, 5.74) is 6.73. The number of nitrogens with one attached hydrogen (secondary N) is 1. The van der Waals surface area contributed by atoms with Crippen LogP contribution in [0.25, 0.3) is 10.9 Å². The van der Waals surface area contributed by atoms with Gasteiger partial charge in [0.25, 0.3) is 11.8 Å². The third-order valence-electron chi connectivity index (χ3n) is 4.47. The summed E-state index contributed by atoms with van der Waals surface area (Å²) in [6.45, 7) is 7.37. The molecule has 0 saturated carbocycles. The molecule has 0 bridgehead atoms. The Labute approximate surface area is 172 Å². The number of hydrogen-bond donors (Lipinski definition) is 2. The number of aliphatic imine (C=N–C) groups is 1. The van der Waals surface area contributed by atoms with Gasteiger partial charge in [-0.25, -0.2) is 9.98 Å². The van der Waals surface area contributed by atoms with E-state index in [2.05, 4.69) is 32.2 Å². The van der Waals surface area contributed by atoms with E-state index < -0.39 is 11.8 Å². The minimum absolute atomic E-state index is 0.00254. The first kappa shape index (κ1) is 20.6. The summed E-state index contributed by atoms with van der Waals surface area (Å²) in [7, 11) is 1.80. The Morgan fingerprint density at radius 2 is 2.03 bits per heavy atom. The highest BCUT2D eigenvalue weighted by molar-refractivity contribution is 6.08. The first-order chi connectivity index (χ1) is 14.3. The van der Waals surface area contributed by atoms with Crippen molar-refractivity contribution in [1.82, 2.24) is 25.3 Å². The van der Waals surface area contributed by atoms with Gasteiger partial charge in [0.2, 0.25) is 5.89 Å². The van der Waals surface area contributed by atoms with Gasteiger partial charge in [-0.1, -0.05) is 23.4 Å². The predicted molar refractivity (Wildman–Crippen MR) is 110 cm³/mol. The van der Waals surface area contributed by atoms with Gasteiger partial charge < -0.3 is 20.5 Å². The number of para-hydroxylation sites is 1. The molecule has 3 N–H and O–H groups in total. The highest BCUT2D eigenvalue weighted by Gasteiger charge is 2.18. The third kappa shape index (κ3) is 4.32. The Balaban J connectivity index is 1.92. The second-order valence-electron chi connectivity index (χ2n) is 6.57. The largest absolute Gasteiger partial charge is 0.367 e. The second kappa shape index (κ2) is 8.52. The molecule has 1 aromatic carbocycles. The Kier molecular flexibility index (Phi) is 5.86. The van der Waals surface area contributed by atoms with Crippen molar-refractivity contribution in [3.63, 3.8) is 0 Å². The van der Waals surface area contributed by atoms with Crippen molar-refractivity contribution in [2.75, 3.05) is 7.05 Å². The quantitative estimate of drug-likeness (QED) is 0.569. The molecule has 0 aliphatic heterocycles. The maximum absolute atomic E-state index is 13.0. The standard InChI is InChI=1S/C20H21N7O3/c1-11(27(4)10-17-23-12(2)30-26-17)19(22-3)25-20(29)14-9-16(18(21)28)24-15-8-6-5-7-13(14)15/h5-9H,3,10H2,1-2,4H3,(H2,21,28)(H,25,29)/b19-11+. The molecule has 3 aromatic rings. The first-order valence-corrected chi connectivity index (χ1v) is 8.99. The number of nitrogens with zero attached hydrogens (tertiary/aromatic N) is 5. The molecule has 2 amide bonds. The number of primary amides is 1. The molecule has 0 aliphatic carbocycles. The van der Waals surface area contributed by atoms with Gasteiger partial charge in [-0.2, -0.15) is 4.98 Å². The fraction of sp³-hybridized carbons (Fsp3) is 0.200. The van der Waals surface area contributed by atoms with Gasteiger partial charge in [0, 0.05) is 19.4 Å². The van der Waals surface area contributed by atoms with Gasteiger partial charge in [-0.15, -0.1) is 0 Å². The Morgan fingerprint density at radius 3 is 2.67 bits per heavy atom. The number of benzene rings is 1. The number of fused-ring (bicyclic) bond motifs is 1. The molecule has 154 valence electrons. The van der Waals surface area contributed by atoms with Crippen molar-refractivity contribution in [3.05, 3.63) is 64.8 Å². The minimum atomic E-state index is -0.723. The Bertz CT molecular complexity index is 1170. The van der Waals surface area contributed by atoms with Crippen LogP contribution in [0.2, 0.25) is 0 Å². The number of aryl methyl sites for hydroxylation is 1. The molecule has 0 unspecified atom stereocenters.